The molecule has 2 rings (SSSR count). The maximum atomic E-state index is 12.3. The van der Waals surface area contributed by atoms with E-state index < -0.39 is 0 Å². The summed E-state index contributed by atoms with van der Waals surface area (Å²) < 4.78 is 5.79. The zero-order valence-electron chi connectivity index (χ0n) is 9.17. The van der Waals surface area contributed by atoms with Gasteiger partial charge in [0.2, 0.25) is 5.78 Å². The Morgan fingerprint density at radius 3 is 2.61 bits per heavy atom. The molecule has 0 amide bonds. The molecular formula is C12H7BrCl2O2S. The highest BCUT2D eigenvalue weighted by Gasteiger charge is 2.19. The number of ketones is 1. The van der Waals surface area contributed by atoms with E-state index in [1.165, 1.54) is 24.5 Å². The number of hydrogen-bond donors (Lipinski definition) is 0. The number of carbonyl (C=O) groups is 1. The lowest BCUT2D eigenvalue weighted by Gasteiger charge is -2.07. The molecule has 6 heteroatoms. The van der Waals surface area contributed by atoms with Gasteiger partial charge in [-0.3, -0.25) is 4.79 Å². The van der Waals surface area contributed by atoms with Crippen molar-refractivity contribution < 1.29 is 9.53 Å². The minimum Gasteiger partial charge on any atom is -0.495 e. The van der Waals surface area contributed by atoms with E-state index in [-0.39, 0.29) is 5.78 Å². The van der Waals surface area contributed by atoms with Crippen LogP contribution in [0.15, 0.2) is 28.1 Å². The number of rotatable bonds is 3. The zero-order chi connectivity index (χ0) is 13.3. The normalized spacial score (nSPS) is 10.4. The van der Waals surface area contributed by atoms with Crippen molar-refractivity contribution in [1.82, 2.24) is 0 Å². The first-order valence-electron chi connectivity index (χ1n) is 4.85. The summed E-state index contributed by atoms with van der Waals surface area (Å²) in [6.45, 7) is 0. The first-order chi connectivity index (χ1) is 8.54. The number of hydrogen-bond acceptors (Lipinski definition) is 3. The Balaban J connectivity index is 2.49. The van der Waals surface area contributed by atoms with Gasteiger partial charge in [0, 0.05) is 16.1 Å². The summed E-state index contributed by atoms with van der Waals surface area (Å²) in [5.74, 6) is 0.287. The van der Waals surface area contributed by atoms with Crippen molar-refractivity contribution in [3.8, 4) is 5.75 Å². The van der Waals surface area contributed by atoms with Gasteiger partial charge < -0.3 is 4.74 Å². The van der Waals surface area contributed by atoms with Gasteiger partial charge in [0.05, 0.1) is 22.0 Å². The van der Waals surface area contributed by atoms with Crippen LogP contribution in [0.1, 0.15) is 15.2 Å². The number of benzene rings is 1. The Labute approximate surface area is 127 Å². The lowest BCUT2D eigenvalue weighted by atomic mass is 10.1. The average molecular weight is 366 g/mol. The summed E-state index contributed by atoms with van der Waals surface area (Å²) in [5.41, 5.74) is 0.366. The van der Waals surface area contributed by atoms with Gasteiger partial charge in [0.25, 0.3) is 0 Å². The highest BCUT2D eigenvalue weighted by atomic mass is 79.9. The maximum absolute atomic E-state index is 12.3. The van der Waals surface area contributed by atoms with Crippen LogP contribution in [0.4, 0.5) is 0 Å². The van der Waals surface area contributed by atoms with Crippen LogP contribution in [0.3, 0.4) is 0 Å². The molecule has 2 nitrogen and oxygen atoms in total. The minimum absolute atomic E-state index is 0.161. The molecule has 1 aromatic carbocycles. The van der Waals surface area contributed by atoms with Crippen LogP contribution in [0, 0.1) is 0 Å². The van der Waals surface area contributed by atoms with E-state index >= 15 is 0 Å². The molecule has 0 spiro atoms. The first-order valence-corrected chi connectivity index (χ1v) is 7.28. The molecule has 1 aromatic heterocycles. The molecule has 0 fully saturated rings. The van der Waals surface area contributed by atoms with E-state index in [0.717, 1.165) is 4.47 Å². The molecule has 94 valence electrons. The van der Waals surface area contributed by atoms with E-state index in [4.69, 9.17) is 27.9 Å². The average Bonchev–Trinajstić information content (AvgIpc) is 2.77. The summed E-state index contributed by atoms with van der Waals surface area (Å²) in [5, 5.41) is 2.51. The Kier molecular flexibility index (Phi) is 4.33. The number of thiophene rings is 1. The van der Waals surface area contributed by atoms with Gasteiger partial charge in [0.1, 0.15) is 5.75 Å². The predicted molar refractivity (Wildman–Crippen MR) is 78.5 cm³/mol. The Morgan fingerprint density at radius 1 is 1.33 bits per heavy atom. The molecular weight excluding hydrogens is 359 g/mol. The fourth-order valence-electron chi connectivity index (χ4n) is 1.44. The fraction of sp³-hybridized carbons (Fsp3) is 0.0833. The summed E-state index contributed by atoms with van der Waals surface area (Å²) in [6.07, 6.45) is 0. The zero-order valence-corrected chi connectivity index (χ0v) is 13.1. The van der Waals surface area contributed by atoms with Gasteiger partial charge in [-0.1, -0.05) is 23.2 Å². The smallest absolute Gasteiger partial charge is 0.205 e. The number of ether oxygens (including phenoxy) is 1. The SMILES string of the molecule is COc1cc(Cl)c(C(=O)c2sccc2Br)cc1Cl. The molecule has 1 heterocycles. The van der Waals surface area contributed by atoms with Crippen LogP contribution in [-0.2, 0) is 0 Å². The molecule has 0 aliphatic carbocycles. The third kappa shape index (κ3) is 2.57. The second-order valence-electron chi connectivity index (χ2n) is 3.39. The highest BCUT2D eigenvalue weighted by Crippen LogP contribution is 2.34. The summed E-state index contributed by atoms with van der Waals surface area (Å²) in [4.78, 5) is 12.9. The van der Waals surface area contributed by atoms with Crippen molar-refractivity contribution in [2.75, 3.05) is 7.11 Å². The molecule has 0 aliphatic heterocycles. The van der Waals surface area contributed by atoms with Crippen LogP contribution in [0.25, 0.3) is 0 Å². The molecule has 0 saturated carbocycles. The van der Waals surface area contributed by atoms with Gasteiger partial charge in [-0.25, -0.2) is 0 Å². The molecule has 0 saturated heterocycles. The lowest BCUT2D eigenvalue weighted by Crippen LogP contribution is -2.01. The summed E-state index contributed by atoms with van der Waals surface area (Å²) in [6, 6.07) is 4.88. The number of carbonyl (C=O) groups excluding carboxylic acids is 1. The topological polar surface area (TPSA) is 26.3 Å². The van der Waals surface area contributed by atoms with Gasteiger partial charge in [-0.2, -0.15) is 0 Å². The molecule has 2 aromatic rings. The van der Waals surface area contributed by atoms with Crippen molar-refractivity contribution in [1.29, 1.82) is 0 Å². The van der Waals surface area contributed by atoms with Crippen molar-refractivity contribution in [2.45, 2.75) is 0 Å². The van der Waals surface area contributed by atoms with E-state index in [2.05, 4.69) is 15.9 Å². The van der Waals surface area contributed by atoms with E-state index in [0.29, 0.717) is 26.2 Å². The third-order valence-corrected chi connectivity index (χ3v) is 4.75. The van der Waals surface area contributed by atoms with Crippen LogP contribution in [-0.4, -0.2) is 12.9 Å². The predicted octanol–water partition coefficient (Wildman–Crippen LogP) is 5.06. The molecule has 0 bridgehead atoms. The quantitative estimate of drug-likeness (QED) is 0.711. The first kappa shape index (κ1) is 13.9. The molecule has 0 atom stereocenters. The van der Waals surface area contributed by atoms with Crippen molar-refractivity contribution in [3.63, 3.8) is 0 Å². The maximum Gasteiger partial charge on any atom is 0.205 e. The van der Waals surface area contributed by atoms with Crippen LogP contribution < -0.4 is 4.74 Å². The minimum atomic E-state index is -0.161. The summed E-state index contributed by atoms with van der Waals surface area (Å²) >= 11 is 16.7. The van der Waals surface area contributed by atoms with Gasteiger partial charge in [-0.15, -0.1) is 11.3 Å². The number of halogens is 3. The monoisotopic (exact) mass is 364 g/mol. The third-order valence-electron chi connectivity index (χ3n) is 2.31. The van der Waals surface area contributed by atoms with Crippen LogP contribution in [0.2, 0.25) is 10.0 Å². The van der Waals surface area contributed by atoms with Gasteiger partial charge >= 0.3 is 0 Å². The largest absolute Gasteiger partial charge is 0.495 e. The lowest BCUT2D eigenvalue weighted by molar-refractivity contribution is 0.104. The molecule has 18 heavy (non-hydrogen) atoms. The van der Waals surface area contributed by atoms with Gasteiger partial charge in [-0.05, 0) is 33.4 Å². The van der Waals surface area contributed by atoms with Gasteiger partial charge in [0.15, 0.2) is 0 Å². The van der Waals surface area contributed by atoms with E-state index in [1.54, 1.807) is 6.07 Å². The van der Waals surface area contributed by atoms with E-state index in [1.807, 2.05) is 11.4 Å². The molecule has 0 N–H and O–H groups in total. The number of methoxy groups -OCH3 is 1. The molecule has 0 aliphatic rings. The van der Waals surface area contributed by atoms with Crippen LogP contribution in [0.5, 0.6) is 5.75 Å². The standard InChI is InChI=1S/C12H7BrCl2O2S/c1-17-10-5-8(14)6(4-9(10)15)11(16)12-7(13)2-3-18-12/h2-5H,1H3. The molecule has 0 radical (unpaired) electrons. The molecule has 0 unspecified atom stereocenters. The second-order valence-corrected chi connectivity index (χ2v) is 5.98. The highest BCUT2D eigenvalue weighted by molar-refractivity contribution is 9.10. The Morgan fingerprint density at radius 2 is 2.06 bits per heavy atom. The van der Waals surface area contributed by atoms with Crippen molar-refractivity contribution in [2.24, 2.45) is 0 Å². The summed E-state index contributed by atoms with van der Waals surface area (Å²) in [7, 11) is 1.49. The Hall–Kier alpha value is -0.550. The van der Waals surface area contributed by atoms with Crippen molar-refractivity contribution in [3.05, 3.63) is 48.5 Å². The van der Waals surface area contributed by atoms with Crippen LogP contribution >= 0.6 is 50.5 Å². The second kappa shape index (κ2) is 5.61. The van der Waals surface area contributed by atoms with Crippen molar-refractivity contribution >= 4 is 56.3 Å². The van der Waals surface area contributed by atoms with E-state index in [9.17, 15) is 4.79 Å². The Bertz CT molecular complexity index is 610. The fourth-order valence-corrected chi connectivity index (χ4v) is 3.42.